The molecule has 3 aromatic rings. The Morgan fingerprint density at radius 1 is 1.15 bits per heavy atom. The van der Waals surface area contributed by atoms with Crippen LogP contribution in [0.2, 0.25) is 0 Å². The van der Waals surface area contributed by atoms with Crippen LogP contribution >= 0.6 is 0 Å². The highest BCUT2D eigenvalue weighted by Gasteiger charge is 2.19. The average Bonchev–Trinajstić information content (AvgIpc) is 3.29. The number of nitrogens with one attached hydrogen (secondary N) is 1. The highest BCUT2D eigenvalue weighted by Crippen LogP contribution is 2.20. The largest absolute Gasteiger partial charge is 0.461 e. The molecule has 0 atom stereocenters. The van der Waals surface area contributed by atoms with E-state index in [2.05, 4.69) is 53.5 Å². The zero-order valence-corrected chi connectivity index (χ0v) is 16.3. The number of anilines is 1. The Morgan fingerprint density at radius 2 is 1.89 bits per heavy atom. The quantitative estimate of drug-likeness (QED) is 0.640. The Morgan fingerprint density at radius 3 is 2.48 bits per heavy atom. The molecule has 1 aromatic carbocycles. The number of carbonyl (C=O) groups is 1. The lowest BCUT2D eigenvalue weighted by molar-refractivity contribution is 0.0873. The number of furan rings is 1. The molecule has 0 amide bonds. The first-order valence-corrected chi connectivity index (χ1v) is 9.31. The van der Waals surface area contributed by atoms with Crippen molar-refractivity contribution in [2.75, 3.05) is 5.32 Å². The first-order chi connectivity index (χ1) is 12.9. The summed E-state index contributed by atoms with van der Waals surface area (Å²) in [6, 6.07) is 12.0. The molecule has 142 valence electrons. The molecule has 0 saturated heterocycles. The molecule has 3 rings (SSSR count). The van der Waals surface area contributed by atoms with Gasteiger partial charge in [-0.25, -0.2) is 0 Å². The fourth-order valence-electron chi connectivity index (χ4n) is 2.75. The van der Waals surface area contributed by atoms with Gasteiger partial charge >= 0.3 is 0 Å². The summed E-state index contributed by atoms with van der Waals surface area (Å²) in [6.45, 7) is 8.92. The molecule has 0 unspecified atom stereocenters. The lowest BCUT2D eigenvalue weighted by Gasteiger charge is -2.10. The Bertz CT molecular complexity index is 878. The van der Waals surface area contributed by atoms with Gasteiger partial charge < -0.3 is 9.73 Å². The first kappa shape index (κ1) is 18.9. The van der Waals surface area contributed by atoms with Crippen LogP contribution in [-0.2, 0) is 6.54 Å². The van der Waals surface area contributed by atoms with Gasteiger partial charge in [0.05, 0.1) is 6.26 Å². The molecular formula is C21H26N4O2. The topological polar surface area (TPSA) is 73.0 Å². The molecule has 6 heteroatoms. The second-order valence-electron chi connectivity index (χ2n) is 7.39. The van der Waals surface area contributed by atoms with Crippen LogP contribution < -0.4 is 5.32 Å². The second-order valence-corrected chi connectivity index (χ2v) is 7.39. The van der Waals surface area contributed by atoms with Crippen LogP contribution in [0.1, 0.15) is 56.0 Å². The van der Waals surface area contributed by atoms with Crippen molar-refractivity contribution in [3.05, 3.63) is 53.8 Å². The number of rotatable bonds is 7. The van der Waals surface area contributed by atoms with Crippen LogP contribution in [0.25, 0.3) is 11.6 Å². The summed E-state index contributed by atoms with van der Waals surface area (Å²) in [5.74, 6) is 2.02. The van der Waals surface area contributed by atoms with Crippen LogP contribution in [0.5, 0.6) is 0 Å². The SMILES string of the molecule is CC(C)CC(=O)n1nc(-c2ccco2)nc1NCc1ccc(C(C)C)cc1. The molecule has 0 aliphatic carbocycles. The third-order valence-electron chi connectivity index (χ3n) is 4.26. The van der Waals surface area contributed by atoms with E-state index in [4.69, 9.17) is 4.42 Å². The third-order valence-corrected chi connectivity index (χ3v) is 4.26. The normalized spacial score (nSPS) is 11.3. The van der Waals surface area contributed by atoms with Crippen molar-refractivity contribution in [3.63, 3.8) is 0 Å². The molecule has 0 fully saturated rings. The fourth-order valence-corrected chi connectivity index (χ4v) is 2.75. The van der Waals surface area contributed by atoms with Crippen LogP contribution in [0, 0.1) is 5.92 Å². The van der Waals surface area contributed by atoms with Gasteiger partial charge in [0.25, 0.3) is 0 Å². The van der Waals surface area contributed by atoms with Crippen LogP contribution in [-0.4, -0.2) is 20.7 Å². The average molecular weight is 366 g/mol. The van der Waals surface area contributed by atoms with Gasteiger partial charge in [0.2, 0.25) is 17.7 Å². The minimum atomic E-state index is -0.0899. The number of aromatic nitrogens is 3. The lowest BCUT2D eigenvalue weighted by atomic mass is 10.0. The van der Waals surface area contributed by atoms with Gasteiger partial charge in [-0.3, -0.25) is 4.79 Å². The van der Waals surface area contributed by atoms with Gasteiger partial charge in [-0.15, -0.1) is 5.10 Å². The van der Waals surface area contributed by atoms with Crippen molar-refractivity contribution in [1.82, 2.24) is 14.8 Å². The van der Waals surface area contributed by atoms with Crippen LogP contribution in [0.15, 0.2) is 47.1 Å². The Kier molecular flexibility index (Phi) is 5.74. The Labute approximate surface area is 159 Å². The van der Waals surface area contributed by atoms with Gasteiger partial charge in [0, 0.05) is 13.0 Å². The van der Waals surface area contributed by atoms with Gasteiger partial charge in [-0.05, 0) is 35.1 Å². The van der Waals surface area contributed by atoms with Crippen molar-refractivity contribution in [2.24, 2.45) is 5.92 Å². The van der Waals surface area contributed by atoms with E-state index in [1.165, 1.54) is 10.2 Å². The summed E-state index contributed by atoms with van der Waals surface area (Å²) >= 11 is 0. The zero-order chi connectivity index (χ0) is 19.4. The van der Waals surface area contributed by atoms with E-state index in [-0.39, 0.29) is 11.8 Å². The molecule has 2 aromatic heterocycles. The van der Waals surface area contributed by atoms with Crippen molar-refractivity contribution >= 4 is 11.9 Å². The number of nitrogens with zero attached hydrogens (tertiary/aromatic N) is 3. The second kappa shape index (κ2) is 8.20. The number of hydrogen-bond donors (Lipinski definition) is 1. The molecule has 2 heterocycles. The maximum atomic E-state index is 12.6. The summed E-state index contributed by atoms with van der Waals surface area (Å²) in [7, 11) is 0. The van der Waals surface area contributed by atoms with E-state index in [1.54, 1.807) is 18.4 Å². The summed E-state index contributed by atoms with van der Waals surface area (Å²) in [5, 5.41) is 7.60. The molecule has 0 aliphatic heterocycles. The minimum absolute atomic E-state index is 0.0899. The molecule has 1 N–H and O–H groups in total. The van der Waals surface area contributed by atoms with Crippen molar-refractivity contribution in [2.45, 2.75) is 46.6 Å². The molecule has 0 saturated carbocycles. The van der Waals surface area contributed by atoms with E-state index in [0.29, 0.717) is 36.4 Å². The molecule has 0 bridgehead atoms. The maximum Gasteiger partial charge on any atom is 0.250 e. The molecule has 0 radical (unpaired) electrons. The van der Waals surface area contributed by atoms with E-state index in [9.17, 15) is 4.79 Å². The van der Waals surface area contributed by atoms with Crippen molar-refractivity contribution in [3.8, 4) is 11.6 Å². The van der Waals surface area contributed by atoms with Gasteiger partial charge in [0.1, 0.15) is 0 Å². The van der Waals surface area contributed by atoms with E-state index >= 15 is 0 Å². The van der Waals surface area contributed by atoms with Gasteiger partial charge in [0.15, 0.2) is 5.76 Å². The molecule has 0 aliphatic rings. The van der Waals surface area contributed by atoms with Crippen LogP contribution in [0.4, 0.5) is 5.95 Å². The fraction of sp³-hybridized carbons (Fsp3) is 0.381. The number of benzene rings is 1. The van der Waals surface area contributed by atoms with E-state index < -0.39 is 0 Å². The van der Waals surface area contributed by atoms with Crippen molar-refractivity contribution < 1.29 is 9.21 Å². The predicted octanol–water partition coefficient (Wildman–Crippen LogP) is 4.96. The van der Waals surface area contributed by atoms with E-state index in [0.717, 1.165) is 5.56 Å². The smallest absolute Gasteiger partial charge is 0.250 e. The first-order valence-electron chi connectivity index (χ1n) is 9.31. The third kappa shape index (κ3) is 4.64. The van der Waals surface area contributed by atoms with Crippen molar-refractivity contribution in [1.29, 1.82) is 0 Å². The Hall–Kier alpha value is -2.89. The minimum Gasteiger partial charge on any atom is -0.461 e. The van der Waals surface area contributed by atoms with E-state index in [1.807, 2.05) is 13.8 Å². The van der Waals surface area contributed by atoms with Gasteiger partial charge in [-0.2, -0.15) is 9.67 Å². The highest BCUT2D eigenvalue weighted by molar-refractivity contribution is 5.81. The Balaban J connectivity index is 1.81. The maximum absolute atomic E-state index is 12.6. The summed E-state index contributed by atoms with van der Waals surface area (Å²) in [5.41, 5.74) is 2.42. The number of carbonyl (C=O) groups excluding carboxylic acids is 1. The standard InChI is InChI=1S/C21H26N4O2/c1-14(2)12-19(26)25-21(23-20(24-25)18-6-5-11-27-18)22-13-16-7-9-17(10-8-16)15(3)4/h5-11,14-15H,12-13H2,1-4H3,(H,22,23,24). The highest BCUT2D eigenvalue weighted by atomic mass is 16.3. The molecule has 27 heavy (non-hydrogen) atoms. The van der Waals surface area contributed by atoms with Crippen LogP contribution in [0.3, 0.4) is 0 Å². The van der Waals surface area contributed by atoms with Gasteiger partial charge in [-0.1, -0.05) is 52.0 Å². The molecular weight excluding hydrogens is 340 g/mol. The molecule has 6 nitrogen and oxygen atoms in total. The predicted molar refractivity (Wildman–Crippen MR) is 106 cm³/mol. The summed E-state index contributed by atoms with van der Waals surface area (Å²) in [6.07, 6.45) is 1.97. The summed E-state index contributed by atoms with van der Waals surface area (Å²) < 4.78 is 6.72. The molecule has 0 spiro atoms. The monoisotopic (exact) mass is 366 g/mol. The lowest BCUT2D eigenvalue weighted by Crippen LogP contribution is -2.18. The number of hydrogen-bond acceptors (Lipinski definition) is 5. The summed E-state index contributed by atoms with van der Waals surface area (Å²) in [4.78, 5) is 17.0. The zero-order valence-electron chi connectivity index (χ0n) is 16.3.